The fourth-order valence-corrected chi connectivity index (χ4v) is 4.17. The van der Waals surface area contributed by atoms with E-state index in [9.17, 15) is 48.3 Å². The third-order valence-corrected chi connectivity index (χ3v) is 6.25. The number of ether oxygens (including phenoxy) is 2. The second-order valence-corrected chi connectivity index (χ2v) is 9.56. The van der Waals surface area contributed by atoms with Gasteiger partial charge in [-0.1, -0.05) is 49.5 Å². The highest BCUT2D eigenvalue weighted by Crippen LogP contribution is 2.38. The van der Waals surface area contributed by atoms with Gasteiger partial charge in [0.15, 0.2) is 11.6 Å². The Labute approximate surface area is 249 Å². The molecule has 4 rings (SSSR count). The Bertz CT molecular complexity index is 1700. The summed E-state index contributed by atoms with van der Waals surface area (Å²) in [7, 11) is 0. The van der Waals surface area contributed by atoms with E-state index in [0.29, 0.717) is 29.8 Å². The summed E-state index contributed by atoms with van der Waals surface area (Å²) in [6.45, 7) is 2.02. The van der Waals surface area contributed by atoms with Gasteiger partial charge in [-0.2, -0.15) is 8.78 Å². The Balaban J connectivity index is 1.56. The Morgan fingerprint density at radius 2 is 1.18 bits per heavy atom. The van der Waals surface area contributed by atoms with Gasteiger partial charge in [0.05, 0.1) is 5.56 Å². The second kappa shape index (κ2) is 13.1. The highest BCUT2D eigenvalue weighted by molar-refractivity contribution is 5.64. The van der Waals surface area contributed by atoms with Crippen molar-refractivity contribution in [2.75, 3.05) is 0 Å². The smallest absolute Gasteiger partial charge is 0.429 e. The molecule has 0 saturated heterocycles. The van der Waals surface area contributed by atoms with Crippen LogP contribution in [-0.2, 0) is 12.5 Å². The number of hydrogen-bond acceptors (Lipinski definition) is 2. The Kier molecular flexibility index (Phi) is 9.65. The van der Waals surface area contributed by atoms with E-state index in [-0.39, 0.29) is 17.7 Å². The molecule has 0 unspecified atom stereocenters. The molecule has 0 atom stereocenters. The average Bonchev–Trinajstić information content (AvgIpc) is 2.92. The average molecular weight is 644 g/mol. The van der Waals surface area contributed by atoms with Crippen molar-refractivity contribution in [1.29, 1.82) is 0 Å². The molecular weight excluding hydrogens is 625 g/mol. The van der Waals surface area contributed by atoms with Crippen LogP contribution >= 0.6 is 0 Å². The zero-order valence-corrected chi connectivity index (χ0v) is 22.9. The number of unbranched alkanes of at least 4 members (excludes halogenated alkanes) is 1. The number of alkyl halides is 5. The molecule has 2 nitrogen and oxygen atoms in total. The van der Waals surface area contributed by atoms with Gasteiger partial charge in [0.2, 0.25) is 5.75 Å². The molecule has 0 radical (unpaired) electrons. The number of halogens is 11. The first kappa shape index (κ1) is 33.2. The molecule has 45 heavy (non-hydrogen) atoms. The van der Waals surface area contributed by atoms with Crippen LogP contribution in [0.3, 0.4) is 0 Å². The predicted octanol–water partition coefficient (Wildman–Crippen LogP) is 9.96. The van der Waals surface area contributed by atoms with Crippen molar-refractivity contribution in [3.8, 4) is 34.5 Å². The van der Waals surface area contributed by atoms with E-state index in [1.165, 1.54) is 0 Å². The van der Waals surface area contributed by atoms with Crippen LogP contribution in [0.1, 0.15) is 42.0 Å². The van der Waals surface area contributed by atoms with E-state index >= 15 is 0 Å². The fourth-order valence-electron chi connectivity index (χ4n) is 4.17. The van der Waals surface area contributed by atoms with E-state index in [1.807, 2.05) is 18.8 Å². The second-order valence-electron chi connectivity index (χ2n) is 9.56. The van der Waals surface area contributed by atoms with Crippen LogP contribution in [-0.4, -0.2) is 6.36 Å². The van der Waals surface area contributed by atoms with Crippen LogP contribution in [0.15, 0.2) is 60.7 Å². The quantitative estimate of drug-likeness (QED) is 0.140. The molecule has 236 valence electrons. The van der Waals surface area contributed by atoms with Crippen LogP contribution in [0.4, 0.5) is 48.3 Å². The van der Waals surface area contributed by atoms with Crippen molar-refractivity contribution in [3.05, 3.63) is 118 Å². The van der Waals surface area contributed by atoms with Crippen molar-refractivity contribution in [2.45, 2.75) is 38.7 Å². The van der Waals surface area contributed by atoms with Crippen molar-refractivity contribution in [2.24, 2.45) is 0 Å². The minimum atomic E-state index is -5.41. The number of benzene rings is 4. The maximum atomic E-state index is 14.9. The minimum Gasteiger partial charge on any atom is -0.429 e. The van der Waals surface area contributed by atoms with Crippen molar-refractivity contribution >= 4 is 0 Å². The van der Waals surface area contributed by atoms with Crippen molar-refractivity contribution in [1.82, 2.24) is 0 Å². The predicted molar refractivity (Wildman–Crippen MR) is 140 cm³/mol. The van der Waals surface area contributed by atoms with E-state index in [0.717, 1.165) is 24.8 Å². The van der Waals surface area contributed by atoms with E-state index < -0.39 is 75.6 Å². The molecule has 4 aromatic carbocycles. The number of hydrogen-bond donors (Lipinski definition) is 0. The van der Waals surface area contributed by atoms with Gasteiger partial charge in [-0.3, -0.25) is 0 Å². The lowest BCUT2D eigenvalue weighted by Crippen LogP contribution is -2.25. The standard InChI is InChI=1S/C32H19F11O2/c1-2-3-4-17-5-8-19(9-6-17)20-13-25(35)29(26(36)14-20)31(39,40)44-21-15-23(33)22(24(34)16-21)10-7-18-11-27(37)30(28(38)12-18)45-32(41,42)43/h5-6,8-9,11-16H,2-4H2,1H3. The molecule has 0 aliphatic carbocycles. The summed E-state index contributed by atoms with van der Waals surface area (Å²) >= 11 is 0. The molecule has 0 amide bonds. The third kappa shape index (κ3) is 8.06. The molecule has 0 aliphatic heterocycles. The lowest BCUT2D eigenvalue weighted by molar-refractivity contribution is -0.276. The van der Waals surface area contributed by atoms with E-state index in [2.05, 4.69) is 9.47 Å². The van der Waals surface area contributed by atoms with Gasteiger partial charge >= 0.3 is 12.5 Å². The van der Waals surface area contributed by atoms with Crippen LogP contribution in [0.5, 0.6) is 11.5 Å². The monoisotopic (exact) mass is 644 g/mol. The van der Waals surface area contributed by atoms with Gasteiger partial charge in [0.25, 0.3) is 0 Å². The Morgan fingerprint density at radius 1 is 0.622 bits per heavy atom. The first-order valence-corrected chi connectivity index (χ1v) is 13.0. The maximum Gasteiger partial charge on any atom is 0.573 e. The lowest BCUT2D eigenvalue weighted by atomic mass is 10.00. The van der Waals surface area contributed by atoms with E-state index in [4.69, 9.17) is 0 Å². The normalized spacial score (nSPS) is 11.6. The minimum absolute atomic E-state index is 0.0473. The number of aryl methyl sites for hydroxylation is 1. The maximum absolute atomic E-state index is 14.9. The number of rotatable bonds is 8. The topological polar surface area (TPSA) is 18.5 Å². The lowest BCUT2D eigenvalue weighted by Gasteiger charge is -2.20. The van der Waals surface area contributed by atoms with Gasteiger partial charge in [0.1, 0.15) is 34.6 Å². The van der Waals surface area contributed by atoms with Gasteiger partial charge in [0, 0.05) is 17.7 Å². The van der Waals surface area contributed by atoms with E-state index in [1.54, 1.807) is 24.3 Å². The first-order valence-electron chi connectivity index (χ1n) is 13.0. The molecule has 0 saturated carbocycles. The SMILES string of the molecule is CCCCc1ccc(-c2cc(F)c(C(F)(F)Oc3cc(F)c(C#Cc4cc(F)c(OC(F)(F)F)c(F)c4)c(F)c3)c(F)c2)cc1. The molecule has 0 aliphatic rings. The molecule has 0 spiro atoms. The summed E-state index contributed by atoms with van der Waals surface area (Å²) in [4.78, 5) is 0. The van der Waals surface area contributed by atoms with Crippen LogP contribution in [0.25, 0.3) is 11.1 Å². The van der Waals surface area contributed by atoms with Gasteiger partial charge in [-0.15, -0.1) is 13.2 Å². The molecule has 0 aromatic heterocycles. The molecule has 0 fully saturated rings. The summed E-state index contributed by atoms with van der Waals surface area (Å²) in [6, 6.07) is 8.96. The zero-order chi connectivity index (χ0) is 33.1. The van der Waals surface area contributed by atoms with Crippen LogP contribution in [0, 0.1) is 46.7 Å². The Morgan fingerprint density at radius 3 is 1.69 bits per heavy atom. The Hall–Kier alpha value is -4.73. The van der Waals surface area contributed by atoms with Gasteiger partial charge < -0.3 is 9.47 Å². The zero-order valence-electron chi connectivity index (χ0n) is 22.9. The summed E-state index contributed by atoms with van der Waals surface area (Å²) in [5.41, 5.74) is -2.31. The summed E-state index contributed by atoms with van der Waals surface area (Å²) < 4.78 is 161. The molecule has 0 N–H and O–H groups in total. The molecule has 13 heteroatoms. The first-order chi connectivity index (χ1) is 21.1. The summed E-state index contributed by atoms with van der Waals surface area (Å²) in [6.07, 6.45) is -7.49. The van der Waals surface area contributed by atoms with Crippen LogP contribution in [0.2, 0.25) is 0 Å². The van der Waals surface area contributed by atoms with Crippen molar-refractivity contribution in [3.63, 3.8) is 0 Å². The summed E-state index contributed by atoms with van der Waals surface area (Å²) in [5, 5.41) is 0. The third-order valence-electron chi connectivity index (χ3n) is 6.25. The van der Waals surface area contributed by atoms with Gasteiger partial charge in [-0.25, -0.2) is 26.3 Å². The largest absolute Gasteiger partial charge is 0.573 e. The molecule has 4 aromatic rings. The highest BCUT2D eigenvalue weighted by Gasteiger charge is 2.41. The van der Waals surface area contributed by atoms with Crippen molar-refractivity contribution < 1.29 is 57.8 Å². The van der Waals surface area contributed by atoms with Crippen LogP contribution < -0.4 is 9.47 Å². The highest BCUT2D eigenvalue weighted by atomic mass is 19.4. The molecule has 0 bridgehead atoms. The molecular formula is C32H19F11O2. The van der Waals surface area contributed by atoms with Gasteiger partial charge in [-0.05, 0) is 53.8 Å². The fraction of sp³-hybridized carbons (Fsp3) is 0.188. The molecule has 0 heterocycles. The summed E-state index contributed by atoms with van der Waals surface area (Å²) in [5.74, 6) is -9.51.